The molecule has 2 aliphatic carbocycles. The lowest BCUT2D eigenvalue weighted by Crippen LogP contribution is -2.34. The van der Waals surface area contributed by atoms with Gasteiger partial charge in [-0.3, -0.25) is 0 Å². The molecule has 1 aromatic carbocycles. The van der Waals surface area contributed by atoms with Crippen molar-refractivity contribution in [1.82, 2.24) is 10.1 Å². The molecule has 2 saturated carbocycles. The van der Waals surface area contributed by atoms with Crippen molar-refractivity contribution >= 4 is 12.4 Å². The fraction of sp³-hybridized carbons (Fsp3) is 0.529. The number of hydrogen-bond acceptors (Lipinski definition) is 4. The van der Waals surface area contributed by atoms with E-state index >= 15 is 0 Å². The number of nitrogens with two attached hydrogens (primary N) is 1. The Hall–Kier alpha value is -1.39. The van der Waals surface area contributed by atoms with Crippen molar-refractivity contribution in [3.05, 3.63) is 47.1 Å². The summed E-state index contributed by atoms with van der Waals surface area (Å²) in [7, 11) is 0. The molecule has 2 fully saturated rings. The maximum atomic E-state index is 6.44. The number of halogens is 1. The molecule has 0 spiro atoms. The molecule has 2 N–H and O–H groups in total. The molecule has 0 unspecified atom stereocenters. The summed E-state index contributed by atoms with van der Waals surface area (Å²) in [4.78, 5) is 4.71. The van der Waals surface area contributed by atoms with Crippen LogP contribution in [0.3, 0.4) is 0 Å². The number of hydrogen-bond donors (Lipinski definition) is 1. The maximum absolute atomic E-state index is 6.44. The van der Waals surface area contributed by atoms with E-state index in [0.29, 0.717) is 5.82 Å². The molecule has 5 heteroatoms. The highest BCUT2D eigenvalue weighted by atomic mass is 35.5. The first-order chi connectivity index (χ1) is 10.1. The highest BCUT2D eigenvalue weighted by Crippen LogP contribution is 2.54. The lowest BCUT2D eigenvalue weighted by Gasteiger charge is -2.18. The second-order valence-electron chi connectivity index (χ2n) is 6.68. The fourth-order valence-corrected chi connectivity index (χ4v) is 3.68. The zero-order valence-corrected chi connectivity index (χ0v) is 13.7. The van der Waals surface area contributed by atoms with Gasteiger partial charge < -0.3 is 10.3 Å². The van der Waals surface area contributed by atoms with E-state index in [1.54, 1.807) is 0 Å². The molecule has 118 valence electrons. The van der Waals surface area contributed by atoms with Gasteiger partial charge >= 0.3 is 0 Å². The zero-order chi connectivity index (χ0) is 14.5. The minimum absolute atomic E-state index is 0. The summed E-state index contributed by atoms with van der Waals surface area (Å²) in [5, 5.41) is 4.22. The topological polar surface area (TPSA) is 64.9 Å². The first-order valence-electron chi connectivity index (χ1n) is 7.84. The highest BCUT2D eigenvalue weighted by Gasteiger charge is 2.52. The molecule has 2 aliphatic rings. The monoisotopic (exact) mass is 319 g/mol. The van der Waals surface area contributed by atoms with Crippen LogP contribution in [0.5, 0.6) is 0 Å². The summed E-state index contributed by atoms with van der Waals surface area (Å²) in [6, 6.07) is 8.48. The fourth-order valence-electron chi connectivity index (χ4n) is 3.68. The van der Waals surface area contributed by atoms with Gasteiger partial charge in [-0.2, -0.15) is 4.98 Å². The molecule has 4 nitrogen and oxygen atoms in total. The number of aromatic nitrogens is 2. The van der Waals surface area contributed by atoms with E-state index in [-0.39, 0.29) is 23.4 Å². The molecular formula is C17H22ClN3O. The maximum Gasteiger partial charge on any atom is 0.237 e. The molecule has 1 aromatic heterocycles. The number of rotatable bonds is 3. The van der Waals surface area contributed by atoms with Crippen molar-refractivity contribution in [3.8, 4) is 0 Å². The van der Waals surface area contributed by atoms with Gasteiger partial charge in [-0.05, 0) is 43.7 Å². The summed E-state index contributed by atoms with van der Waals surface area (Å²) in [5.74, 6) is 1.46. The average Bonchev–Trinajstić information content (AvgIpc) is 2.93. The van der Waals surface area contributed by atoms with Gasteiger partial charge in [-0.15, -0.1) is 12.4 Å². The third kappa shape index (κ3) is 2.25. The van der Waals surface area contributed by atoms with Gasteiger partial charge in [-0.1, -0.05) is 42.3 Å². The van der Waals surface area contributed by atoms with Crippen molar-refractivity contribution in [1.29, 1.82) is 0 Å². The molecule has 0 saturated heterocycles. The smallest absolute Gasteiger partial charge is 0.237 e. The predicted molar refractivity (Wildman–Crippen MR) is 87.1 cm³/mol. The van der Waals surface area contributed by atoms with Gasteiger partial charge in [0.15, 0.2) is 5.82 Å². The Labute approximate surface area is 136 Å². The van der Waals surface area contributed by atoms with E-state index in [9.17, 15) is 0 Å². The average molecular weight is 320 g/mol. The van der Waals surface area contributed by atoms with Crippen LogP contribution in [0, 0.1) is 6.92 Å². The molecule has 0 bridgehead atoms. The number of benzene rings is 1. The van der Waals surface area contributed by atoms with E-state index in [1.165, 1.54) is 11.1 Å². The van der Waals surface area contributed by atoms with Gasteiger partial charge in [0.05, 0.1) is 11.0 Å². The number of aryl methyl sites for hydroxylation is 1. The Kier molecular flexibility index (Phi) is 3.77. The van der Waals surface area contributed by atoms with E-state index in [4.69, 9.17) is 15.2 Å². The largest absolute Gasteiger partial charge is 0.338 e. The third-order valence-electron chi connectivity index (χ3n) is 5.19. The predicted octanol–water partition coefficient (Wildman–Crippen LogP) is 3.61. The Bertz CT molecular complexity index is 672. The van der Waals surface area contributed by atoms with Gasteiger partial charge in [0, 0.05) is 0 Å². The Morgan fingerprint density at radius 3 is 2.41 bits per heavy atom. The summed E-state index contributed by atoms with van der Waals surface area (Å²) < 4.78 is 5.64. The van der Waals surface area contributed by atoms with Crippen LogP contribution in [0.25, 0.3) is 0 Å². The summed E-state index contributed by atoms with van der Waals surface area (Å²) >= 11 is 0. The molecule has 0 atom stereocenters. The van der Waals surface area contributed by atoms with Crippen molar-refractivity contribution in [2.24, 2.45) is 5.73 Å². The van der Waals surface area contributed by atoms with Crippen LogP contribution in [-0.4, -0.2) is 10.1 Å². The van der Waals surface area contributed by atoms with Gasteiger partial charge in [0.2, 0.25) is 5.89 Å². The van der Waals surface area contributed by atoms with Crippen LogP contribution in [-0.2, 0) is 11.0 Å². The normalized spacial score (nSPS) is 21.4. The first-order valence-corrected chi connectivity index (χ1v) is 7.84. The van der Waals surface area contributed by atoms with E-state index in [0.717, 1.165) is 44.4 Å². The summed E-state index contributed by atoms with van der Waals surface area (Å²) in [5.41, 5.74) is 8.61. The molecule has 0 radical (unpaired) electrons. The minimum Gasteiger partial charge on any atom is -0.338 e. The van der Waals surface area contributed by atoms with Crippen LogP contribution in [0.2, 0.25) is 0 Å². The number of nitrogens with zero attached hydrogens (tertiary/aromatic N) is 2. The van der Waals surface area contributed by atoms with Crippen molar-refractivity contribution in [2.45, 2.75) is 56.4 Å². The second kappa shape index (κ2) is 5.36. The van der Waals surface area contributed by atoms with Crippen LogP contribution in [0.1, 0.15) is 61.4 Å². The lowest BCUT2D eigenvalue weighted by atomic mass is 9.91. The molecule has 4 rings (SSSR count). The molecule has 1 heterocycles. The van der Waals surface area contributed by atoms with Crippen molar-refractivity contribution in [3.63, 3.8) is 0 Å². The van der Waals surface area contributed by atoms with Crippen LogP contribution in [0.15, 0.2) is 28.8 Å². The molecular weight excluding hydrogens is 298 g/mol. The quantitative estimate of drug-likeness (QED) is 0.938. The Morgan fingerprint density at radius 1 is 1.09 bits per heavy atom. The van der Waals surface area contributed by atoms with Gasteiger partial charge in [0.1, 0.15) is 0 Å². The van der Waals surface area contributed by atoms with Gasteiger partial charge in [0.25, 0.3) is 0 Å². The minimum atomic E-state index is -0.371. The molecule has 0 aliphatic heterocycles. The van der Waals surface area contributed by atoms with E-state index in [1.807, 2.05) is 0 Å². The molecule has 2 aromatic rings. The standard InChI is InChI=1S/C17H21N3O.ClH/c1-12-6-2-3-7-13(12)16(10-11-16)15-19-14(20-21-15)17(18)8-4-5-9-17;/h2-3,6-7H,4-5,8-11,18H2,1H3;1H. The van der Waals surface area contributed by atoms with Crippen molar-refractivity contribution < 1.29 is 4.52 Å². The molecule has 22 heavy (non-hydrogen) atoms. The zero-order valence-electron chi connectivity index (χ0n) is 12.8. The van der Waals surface area contributed by atoms with Crippen LogP contribution >= 0.6 is 12.4 Å². The Balaban J connectivity index is 0.00000144. The van der Waals surface area contributed by atoms with E-state index < -0.39 is 0 Å². The van der Waals surface area contributed by atoms with E-state index in [2.05, 4.69) is 36.3 Å². The highest BCUT2D eigenvalue weighted by molar-refractivity contribution is 5.85. The van der Waals surface area contributed by atoms with Gasteiger partial charge in [-0.25, -0.2) is 0 Å². The first kappa shape index (κ1) is 15.5. The third-order valence-corrected chi connectivity index (χ3v) is 5.19. The summed E-state index contributed by atoms with van der Waals surface area (Å²) in [6.45, 7) is 2.15. The summed E-state index contributed by atoms with van der Waals surface area (Å²) in [6.07, 6.45) is 6.40. The van der Waals surface area contributed by atoms with Crippen molar-refractivity contribution in [2.75, 3.05) is 0 Å². The lowest BCUT2D eigenvalue weighted by molar-refractivity contribution is 0.337. The van der Waals surface area contributed by atoms with Crippen LogP contribution < -0.4 is 5.73 Å². The second-order valence-corrected chi connectivity index (χ2v) is 6.68. The SMILES string of the molecule is Cc1ccccc1C1(c2nc(C3(N)CCCC3)no2)CC1.Cl. The van der Waals surface area contributed by atoms with Crippen LogP contribution in [0.4, 0.5) is 0 Å². The molecule has 0 amide bonds. The Morgan fingerprint density at radius 2 is 1.77 bits per heavy atom.